The van der Waals surface area contributed by atoms with Crippen molar-refractivity contribution in [1.82, 2.24) is 19.9 Å². The summed E-state index contributed by atoms with van der Waals surface area (Å²) in [6.45, 7) is 7.84. The molecule has 6 rings (SSSR count). The van der Waals surface area contributed by atoms with Crippen LogP contribution in [0.15, 0.2) is 0 Å². The van der Waals surface area contributed by atoms with Crippen molar-refractivity contribution in [2.24, 2.45) is 0 Å². The Morgan fingerprint density at radius 2 is 1.26 bits per heavy atom. The molecule has 14 nitrogen and oxygen atoms in total. The maximum Gasteiger partial charge on any atom is 0.224 e. The Balaban J connectivity index is 0.000000199. The highest BCUT2D eigenvalue weighted by molar-refractivity contribution is 14.1. The van der Waals surface area contributed by atoms with E-state index in [0.717, 1.165) is 19.1 Å². The average molecular weight is 838 g/mol. The lowest BCUT2D eigenvalue weighted by Gasteiger charge is -2.35. The van der Waals surface area contributed by atoms with Gasteiger partial charge < -0.3 is 28.7 Å². The van der Waals surface area contributed by atoms with E-state index in [-0.39, 0.29) is 28.4 Å². The lowest BCUT2D eigenvalue weighted by Crippen LogP contribution is -2.45. The number of nitrogens with zero attached hydrogens (tertiary/aromatic N) is 6. The van der Waals surface area contributed by atoms with Crippen LogP contribution in [0.4, 0.5) is 11.6 Å². The van der Waals surface area contributed by atoms with E-state index in [2.05, 4.69) is 52.3 Å². The molecule has 258 valence electrons. The first kappa shape index (κ1) is 37.3. The van der Waals surface area contributed by atoms with Crippen molar-refractivity contribution in [1.29, 1.82) is 0 Å². The van der Waals surface area contributed by atoms with Crippen molar-refractivity contribution >= 4 is 77.1 Å². The number of aromatic nitrogens is 4. The largest absolute Gasteiger partial charge is 0.488 e. The zero-order chi connectivity index (χ0) is 33.9. The van der Waals surface area contributed by atoms with Crippen LogP contribution in [0.5, 0.6) is 11.5 Å². The molecule has 4 aliphatic rings. The molecular formula is C27H39Cl2IN6O8S2. The van der Waals surface area contributed by atoms with E-state index < -0.39 is 24.4 Å². The minimum atomic E-state index is -3.42. The van der Waals surface area contributed by atoms with Gasteiger partial charge in [-0.05, 0) is 42.0 Å². The van der Waals surface area contributed by atoms with Gasteiger partial charge in [-0.25, -0.2) is 26.8 Å². The van der Waals surface area contributed by atoms with Gasteiger partial charge in [-0.3, -0.25) is 0 Å². The number of alkyl halides is 1. The Morgan fingerprint density at radius 3 is 1.76 bits per heavy atom. The van der Waals surface area contributed by atoms with Gasteiger partial charge in [-0.2, -0.15) is 9.97 Å². The predicted octanol–water partition coefficient (Wildman–Crippen LogP) is 3.11. The van der Waals surface area contributed by atoms with Gasteiger partial charge in [-0.15, -0.1) is 0 Å². The average Bonchev–Trinajstić information content (AvgIpc) is 3.29. The van der Waals surface area contributed by atoms with Crippen molar-refractivity contribution in [3.05, 3.63) is 22.0 Å². The first-order chi connectivity index (χ1) is 21.7. The summed E-state index contributed by atoms with van der Waals surface area (Å²) in [5.41, 5.74) is 0.627. The second kappa shape index (κ2) is 15.4. The third kappa shape index (κ3) is 8.55. The third-order valence-corrected chi connectivity index (χ3v) is 11.2. The summed E-state index contributed by atoms with van der Waals surface area (Å²) in [6, 6.07) is 0.308. The first-order valence-corrected chi connectivity index (χ1v) is 21.4. The summed E-state index contributed by atoms with van der Waals surface area (Å²) in [5, 5.41) is 0.0503. The van der Waals surface area contributed by atoms with Gasteiger partial charge in [0.05, 0.1) is 57.5 Å². The fraction of sp³-hybridized carbons (Fsp3) is 0.704. The van der Waals surface area contributed by atoms with Gasteiger partial charge in [0.2, 0.25) is 10.6 Å². The Labute approximate surface area is 293 Å². The number of halogens is 3. The number of hydrogen-bond donors (Lipinski definition) is 0. The summed E-state index contributed by atoms with van der Waals surface area (Å²) in [4.78, 5) is 22.9. The van der Waals surface area contributed by atoms with Crippen LogP contribution in [0, 0.1) is 0 Å². The zero-order valence-corrected chi connectivity index (χ0v) is 31.6. The number of morpholine rings is 2. The fourth-order valence-electron chi connectivity index (χ4n) is 5.41. The molecule has 0 radical (unpaired) electrons. The quantitative estimate of drug-likeness (QED) is 0.251. The Kier molecular flexibility index (Phi) is 12.5. The molecule has 2 atom stereocenters. The minimum Gasteiger partial charge on any atom is -0.488 e. The highest BCUT2D eigenvalue weighted by Crippen LogP contribution is 2.42. The molecule has 0 N–H and O–H groups in total. The van der Waals surface area contributed by atoms with Crippen LogP contribution in [0.3, 0.4) is 0 Å². The zero-order valence-electron chi connectivity index (χ0n) is 26.3. The van der Waals surface area contributed by atoms with Crippen LogP contribution in [-0.4, -0.2) is 119 Å². The van der Waals surface area contributed by atoms with Crippen molar-refractivity contribution in [3.63, 3.8) is 0 Å². The number of hydrogen-bond acceptors (Lipinski definition) is 14. The van der Waals surface area contributed by atoms with Gasteiger partial charge >= 0.3 is 0 Å². The Morgan fingerprint density at radius 1 is 0.783 bits per heavy atom. The molecule has 0 aliphatic carbocycles. The molecule has 0 amide bonds. The molecule has 0 aromatic carbocycles. The van der Waals surface area contributed by atoms with Gasteiger partial charge in [0.25, 0.3) is 0 Å². The van der Waals surface area contributed by atoms with Crippen LogP contribution < -0.4 is 19.3 Å². The van der Waals surface area contributed by atoms with E-state index in [4.69, 9.17) is 42.1 Å². The molecule has 0 bridgehead atoms. The van der Waals surface area contributed by atoms with Crippen LogP contribution >= 0.6 is 45.8 Å². The lowest BCUT2D eigenvalue weighted by atomic mass is 10.1. The summed E-state index contributed by atoms with van der Waals surface area (Å²) in [7, 11) is -6.66. The Bertz CT molecular complexity index is 1620. The molecule has 2 aromatic heterocycles. The molecule has 6 heterocycles. The predicted molar refractivity (Wildman–Crippen MR) is 185 cm³/mol. The Hall–Kier alpha value is -1.51. The molecule has 0 saturated carbocycles. The van der Waals surface area contributed by atoms with Crippen LogP contribution in [-0.2, 0) is 39.6 Å². The second-order valence-electron chi connectivity index (χ2n) is 11.6. The molecule has 0 unspecified atom stereocenters. The maximum atomic E-state index is 12.2. The van der Waals surface area contributed by atoms with Gasteiger partial charge in [0.1, 0.15) is 16.1 Å². The molecule has 2 saturated heterocycles. The molecule has 19 heteroatoms. The van der Waals surface area contributed by atoms with Crippen molar-refractivity contribution in [3.8, 4) is 11.5 Å². The van der Waals surface area contributed by atoms with E-state index in [1.54, 1.807) is 13.8 Å². The topological polar surface area (TPSA) is 163 Å². The van der Waals surface area contributed by atoms with Crippen LogP contribution in [0.1, 0.15) is 38.1 Å². The van der Waals surface area contributed by atoms with Gasteiger partial charge in [-0.1, -0.05) is 22.6 Å². The monoisotopic (exact) mass is 836 g/mol. The lowest BCUT2D eigenvalue weighted by molar-refractivity contribution is 0.0894. The molecular weight excluding hydrogens is 798 g/mol. The maximum absolute atomic E-state index is 12.2. The molecule has 2 fully saturated rings. The summed E-state index contributed by atoms with van der Waals surface area (Å²) < 4.78 is 69.0. The number of ether oxygens (including phenoxy) is 4. The standard InChI is InChI=1S/C14H20ClN3O4S.C12H16ClN3O4S.CH3I/c1-14(2,23(3,19)20)11-10-12(17-13(15)16-11)18-5-7-21-8-9(18)4-6-22-10;1-21(17,18)7-9-10-11(15-12(13)14-9)16-3-5-19-6-8(16)2-4-20-10;1-2/h9H,4-8H2,1-3H3;8H,2-7H2,1H3;1H3/t9-;8-;/m00./s1. The second-order valence-corrected chi connectivity index (χ2v) is 16.9. The molecule has 46 heavy (non-hydrogen) atoms. The third-order valence-electron chi connectivity index (χ3n) is 8.00. The molecule has 0 spiro atoms. The van der Waals surface area contributed by atoms with Gasteiger partial charge in [0, 0.05) is 38.4 Å². The fourth-order valence-corrected chi connectivity index (χ4v) is 6.93. The normalized spacial score (nSPS) is 21.1. The summed E-state index contributed by atoms with van der Waals surface area (Å²) in [6.07, 6.45) is 3.90. The number of anilines is 2. The van der Waals surface area contributed by atoms with E-state index in [1.807, 2.05) is 4.93 Å². The van der Waals surface area contributed by atoms with Crippen LogP contribution in [0.25, 0.3) is 0 Å². The minimum absolute atomic E-state index is 0.0196. The SMILES string of the molecule is CC(C)(c1nc(Cl)nc2c1OCC[C@H]1COCCN21)S(C)(=O)=O.CI.CS(=O)(=O)Cc1nc(Cl)nc2c1OCC[C@H]1COCCN21. The van der Waals surface area contributed by atoms with E-state index in [0.29, 0.717) is 87.3 Å². The molecule has 2 aromatic rings. The van der Waals surface area contributed by atoms with E-state index in [1.165, 1.54) is 6.26 Å². The van der Waals surface area contributed by atoms with Crippen molar-refractivity contribution in [2.45, 2.75) is 49.3 Å². The van der Waals surface area contributed by atoms with E-state index >= 15 is 0 Å². The number of fused-ring (bicyclic) bond motifs is 6. The van der Waals surface area contributed by atoms with Crippen molar-refractivity contribution in [2.75, 3.05) is 80.0 Å². The smallest absolute Gasteiger partial charge is 0.224 e. The number of rotatable bonds is 4. The number of sulfone groups is 2. The van der Waals surface area contributed by atoms with E-state index in [9.17, 15) is 16.8 Å². The first-order valence-electron chi connectivity index (χ1n) is 14.5. The van der Waals surface area contributed by atoms with Crippen molar-refractivity contribution < 1.29 is 35.8 Å². The summed E-state index contributed by atoms with van der Waals surface area (Å²) >= 11 is 14.2. The summed E-state index contributed by atoms with van der Waals surface area (Å²) in [5.74, 6) is 1.75. The highest BCUT2D eigenvalue weighted by Gasteiger charge is 2.41. The van der Waals surface area contributed by atoms with Crippen LogP contribution in [0.2, 0.25) is 10.6 Å². The van der Waals surface area contributed by atoms with Gasteiger partial charge in [0.15, 0.2) is 42.8 Å². The highest BCUT2D eigenvalue weighted by atomic mass is 127. The molecule has 4 aliphatic heterocycles.